The molecular weight excluding hydrogens is 503 g/mol. The second kappa shape index (κ2) is 10.2. The van der Waals surface area contributed by atoms with Crippen molar-refractivity contribution < 1.29 is 18.7 Å². The van der Waals surface area contributed by atoms with E-state index in [9.17, 15) is 14.0 Å². The minimum Gasteiger partial charge on any atom is -0.437 e. The highest BCUT2D eigenvalue weighted by Gasteiger charge is 2.18. The number of fused-ring (bicyclic) bond motifs is 1. The van der Waals surface area contributed by atoms with E-state index in [0.29, 0.717) is 27.5 Å². The molecule has 0 aliphatic rings. The Morgan fingerprint density at radius 2 is 1.86 bits per heavy atom. The highest BCUT2D eigenvalue weighted by molar-refractivity contribution is 7.21. The summed E-state index contributed by atoms with van der Waals surface area (Å²) < 4.78 is 20.5. The Kier molecular flexibility index (Phi) is 7.23. The number of anilines is 2. The molecule has 0 unspecified atom stereocenters. The van der Waals surface area contributed by atoms with E-state index < -0.39 is 11.7 Å². The van der Waals surface area contributed by atoms with Crippen LogP contribution in [0, 0.1) is 5.82 Å². The van der Waals surface area contributed by atoms with E-state index >= 15 is 0 Å². The lowest BCUT2D eigenvalue weighted by atomic mass is 9.86. The van der Waals surface area contributed by atoms with Gasteiger partial charge < -0.3 is 15.4 Å². The molecule has 4 aromatic rings. The molecule has 0 atom stereocenters. The predicted octanol–water partition coefficient (Wildman–Crippen LogP) is 7.17. The van der Waals surface area contributed by atoms with Crippen molar-refractivity contribution >= 4 is 55.9 Å². The number of carbonyl (C=O) groups excluding carboxylic acids is 2. The highest BCUT2D eigenvalue weighted by atomic mass is 35.5. The highest BCUT2D eigenvalue weighted by Crippen LogP contribution is 2.35. The molecule has 0 fully saturated rings. The van der Waals surface area contributed by atoms with E-state index in [1.807, 2.05) is 26.8 Å². The van der Waals surface area contributed by atoms with Gasteiger partial charge in [-0.3, -0.25) is 9.59 Å². The number of aromatic nitrogens is 2. The number of pyridine rings is 1. The first kappa shape index (κ1) is 25.5. The molecule has 0 saturated carbocycles. The molecule has 186 valence electrons. The van der Waals surface area contributed by atoms with Gasteiger partial charge in [-0.25, -0.2) is 14.4 Å². The lowest BCUT2D eigenvalue weighted by Gasteiger charge is -2.19. The van der Waals surface area contributed by atoms with Gasteiger partial charge >= 0.3 is 0 Å². The standard InChI is InChI=1S/C26H24ClFN4O3S/c1-5-21(33)31-25-30-18-9-10-22(32-24(18)36-25)35-20-13-19(17(28)12-16(20)27)29-23(34)14-7-6-8-15(11-14)26(2,3)4/h6-13H,5H2,1-4H3,(H,29,34)(H,30,31,33). The summed E-state index contributed by atoms with van der Waals surface area (Å²) in [6.45, 7) is 7.89. The second-order valence-electron chi connectivity index (χ2n) is 9.04. The van der Waals surface area contributed by atoms with Crippen LogP contribution in [0.1, 0.15) is 50.0 Å². The number of hydrogen-bond donors (Lipinski definition) is 2. The Morgan fingerprint density at radius 3 is 2.58 bits per heavy atom. The molecule has 2 amide bonds. The Bertz CT molecular complexity index is 1470. The number of nitrogens with one attached hydrogen (secondary N) is 2. The van der Waals surface area contributed by atoms with E-state index in [0.717, 1.165) is 11.6 Å². The van der Waals surface area contributed by atoms with E-state index in [2.05, 4.69) is 20.6 Å². The topological polar surface area (TPSA) is 93.2 Å². The fourth-order valence-corrected chi connectivity index (χ4v) is 4.29. The molecule has 4 rings (SSSR count). The first-order valence-corrected chi connectivity index (χ1v) is 12.4. The third kappa shape index (κ3) is 5.80. The number of amides is 2. The van der Waals surface area contributed by atoms with Gasteiger partial charge in [0, 0.05) is 24.1 Å². The average Bonchev–Trinajstić information content (AvgIpc) is 3.23. The van der Waals surface area contributed by atoms with Crippen molar-refractivity contribution in [1.29, 1.82) is 0 Å². The predicted molar refractivity (Wildman–Crippen MR) is 141 cm³/mol. The van der Waals surface area contributed by atoms with Crippen LogP contribution in [0.5, 0.6) is 11.6 Å². The molecule has 2 heterocycles. The van der Waals surface area contributed by atoms with Gasteiger partial charge in [0.05, 0.1) is 10.7 Å². The van der Waals surface area contributed by atoms with Crippen molar-refractivity contribution in [2.75, 3.05) is 10.6 Å². The molecule has 0 saturated heterocycles. The molecular formula is C26H24ClFN4O3S. The summed E-state index contributed by atoms with van der Waals surface area (Å²) in [5, 5.41) is 5.74. The molecule has 2 N–H and O–H groups in total. The summed E-state index contributed by atoms with van der Waals surface area (Å²) in [5.41, 5.74) is 1.76. The van der Waals surface area contributed by atoms with Crippen molar-refractivity contribution in [2.24, 2.45) is 0 Å². The van der Waals surface area contributed by atoms with Crippen LogP contribution in [0.2, 0.25) is 5.02 Å². The molecule has 7 nitrogen and oxygen atoms in total. The molecule has 0 radical (unpaired) electrons. The van der Waals surface area contributed by atoms with Gasteiger partial charge in [0.25, 0.3) is 5.91 Å². The van der Waals surface area contributed by atoms with Gasteiger partial charge in [0.15, 0.2) is 5.13 Å². The Morgan fingerprint density at radius 1 is 1.08 bits per heavy atom. The average molecular weight is 527 g/mol. The maximum atomic E-state index is 14.6. The fraction of sp³-hybridized carbons (Fsp3) is 0.231. The third-order valence-electron chi connectivity index (χ3n) is 5.27. The lowest BCUT2D eigenvalue weighted by Crippen LogP contribution is -2.16. The Labute approximate surface area is 216 Å². The lowest BCUT2D eigenvalue weighted by molar-refractivity contribution is -0.115. The maximum absolute atomic E-state index is 14.6. The molecule has 36 heavy (non-hydrogen) atoms. The molecule has 0 spiro atoms. The summed E-state index contributed by atoms with van der Waals surface area (Å²) in [5.74, 6) is -0.992. The van der Waals surface area contributed by atoms with Gasteiger partial charge in [-0.15, -0.1) is 0 Å². The van der Waals surface area contributed by atoms with Crippen LogP contribution in [-0.4, -0.2) is 21.8 Å². The number of nitrogens with zero attached hydrogens (tertiary/aromatic N) is 2. The first-order valence-electron chi connectivity index (χ1n) is 11.2. The molecule has 0 aliphatic carbocycles. The minimum absolute atomic E-state index is 0.0160. The summed E-state index contributed by atoms with van der Waals surface area (Å²) in [4.78, 5) is 33.7. The third-order valence-corrected chi connectivity index (χ3v) is 6.45. The van der Waals surface area contributed by atoms with Gasteiger partial charge in [0.1, 0.15) is 21.9 Å². The molecule has 2 aromatic heterocycles. The zero-order valence-electron chi connectivity index (χ0n) is 20.1. The largest absolute Gasteiger partial charge is 0.437 e. The van der Waals surface area contributed by atoms with Crippen LogP contribution in [-0.2, 0) is 10.2 Å². The zero-order valence-corrected chi connectivity index (χ0v) is 21.7. The summed E-state index contributed by atoms with van der Waals surface area (Å²) in [6.07, 6.45) is 0.335. The number of thiazole rings is 1. The van der Waals surface area contributed by atoms with Crippen molar-refractivity contribution in [2.45, 2.75) is 39.5 Å². The second-order valence-corrected chi connectivity index (χ2v) is 10.4. The Balaban J connectivity index is 1.56. The zero-order chi connectivity index (χ0) is 26.0. The number of halogens is 2. The van der Waals surface area contributed by atoms with Gasteiger partial charge in [-0.05, 0) is 35.2 Å². The number of hydrogen-bond acceptors (Lipinski definition) is 6. The quantitative estimate of drug-likeness (QED) is 0.277. The fourth-order valence-electron chi connectivity index (χ4n) is 3.26. The van der Waals surface area contributed by atoms with Gasteiger partial charge in [-0.2, -0.15) is 0 Å². The minimum atomic E-state index is -0.699. The normalized spacial score (nSPS) is 11.4. The summed E-state index contributed by atoms with van der Waals surface area (Å²) >= 11 is 7.41. The van der Waals surface area contributed by atoms with Crippen molar-refractivity contribution in [3.05, 3.63) is 70.5 Å². The SMILES string of the molecule is CCC(=O)Nc1nc2ccc(Oc3cc(NC(=O)c4cccc(C(C)(C)C)c4)c(F)cc3Cl)nc2s1. The van der Waals surface area contributed by atoms with Crippen molar-refractivity contribution in [3.8, 4) is 11.6 Å². The molecule has 2 aromatic carbocycles. The summed E-state index contributed by atoms with van der Waals surface area (Å²) in [7, 11) is 0. The van der Waals surface area contributed by atoms with Crippen molar-refractivity contribution in [1.82, 2.24) is 9.97 Å². The number of ether oxygens (including phenoxy) is 1. The van der Waals surface area contributed by atoms with Crippen molar-refractivity contribution in [3.63, 3.8) is 0 Å². The Hall–Kier alpha value is -3.56. The molecule has 0 bridgehead atoms. The van der Waals surface area contributed by atoms with E-state index in [4.69, 9.17) is 16.3 Å². The molecule has 10 heteroatoms. The first-order chi connectivity index (χ1) is 17.0. The number of benzene rings is 2. The summed E-state index contributed by atoms with van der Waals surface area (Å²) in [6, 6.07) is 12.9. The van der Waals surface area contributed by atoms with E-state index in [-0.39, 0.29) is 33.7 Å². The van der Waals surface area contributed by atoms with E-state index in [1.165, 1.54) is 17.4 Å². The van der Waals surface area contributed by atoms with Crippen LogP contribution in [0.15, 0.2) is 48.5 Å². The number of rotatable bonds is 6. The van der Waals surface area contributed by atoms with Crippen LogP contribution >= 0.6 is 22.9 Å². The van der Waals surface area contributed by atoms with Crippen LogP contribution in [0.4, 0.5) is 15.2 Å². The number of carbonyl (C=O) groups is 2. The van der Waals surface area contributed by atoms with Crippen LogP contribution in [0.3, 0.4) is 0 Å². The van der Waals surface area contributed by atoms with Crippen LogP contribution < -0.4 is 15.4 Å². The molecule has 0 aliphatic heterocycles. The monoisotopic (exact) mass is 526 g/mol. The van der Waals surface area contributed by atoms with Gasteiger partial charge in [0.2, 0.25) is 11.8 Å². The maximum Gasteiger partial charge on any atom is 0.255 e. The van der Waals surface area contributed by atoms with Crippen LogP contribution in [0.25, 0.3) is 10.3 Å². The van der Waals surface area contributed by atoms with E-state index in [1.54, 1.807) is 37.3 Å². The smallest absolute Gasteiger partial charge is 0.255 e. The van der Waals surface area contributed by atoms with Gasteiger partial charge in [-0.1, -0.05) is 62.8 Å².